The molecule has 98 valence electrons. The van der Waals surface area contributed by atoms with Gasteiger partial charge in [0.05, 0.1) is 22.7 Å². The maximum atomic E-state index is 12.5. The van der Waals surface area contributed by atoms with Crippen molar-refractivity contribution in [3.63, 3.8) is 0 Å². The first-order valence-corrected chi connectivity index (χ1v) is 6.45. The fraction of sp³-hybridized carbons (Fsp3) is 0.143. The van der Waals surface area contributed by atoms with E-state index in [-0.39, 0.29) is 5.78 Å². The first-order valence-electron chi connectivity index (χ1n) is 5.70. The number of carbonyl (C=O) groups excluding carboxylic acids is 1. The molecule has 0 saturated carbocycles. The average Bonchev–Trinajstić information content (AvgIpc) is 2.76. The summed E-state index contributed by atoms with van der Waals surface area (Å²) < 4.78 is 1.68. The number of Topliss-reactive ketones (excluding diaryl/α,β-unsaturated/α-hetero) is 1. The lowest BCUT2D eigenvalue weighted by Crippen LogP contribution is -2.08. The van der Waals surface area contributed by atoms with Crippen molar-refractivity contribution in [1.82, 2.24) is 9.55 Å². The Balaban J connectivity index is 2.42. The number of aryl methyl sites for hydroxylation is 1. The lowest BCUT2D eigenvalue weighted by atomic mass is 10.1. The third-order valence-corrected chi connectivity index (χ3v) is 3.22. The van der Waals surface area contributed by atoms with Crippen LogP contribution in [0.3, 0.4) is 0 Å². The summed E-state index contributed by atoms with van der Waals surface area (Å²) in [7, 11) is 0. The zero-order valence-electron chi connectivity index (χ0n) is 10.5. The molecule has 0 amide bonds. The normalized spacial score (nSPS) is 11.7. The van der Waals surface area contributed by atoms with Crippen LogP contribution in [0.2, 0.25) is 10.0 Å². The molecule has 0 spiro atoms. The molecule has 0 aliphatic carbocycles. The maximum absolute atomic E-state index is 12.5. The molecule has 0 unspecified atom stereocenters. The van der Waals surface area contributed by atoms with Crippen LogP contribution < -0.4 is 0 Å². The second-order valence-corrected chi connectivity index (χ2v) is 4.89. The van der Waals surface area contributed by atoms with Crippen LogP contribution in [-0.4, -0.2) is 15.3 Å². The Hall–Kier alpha value is -1.58. The van der Waals surface area contributed by atoms with Gasteiger partial charge in [0.2, 0.25) is 5.78 Å². The van der Waals surface area contributed by atoms with Gasteiger partial charge in [0.15, 0.2) is 0 Å². The summed E-state index contributed by atoms with van der Waals surface area (Å²) >= 11 is 11.9. The van der Waals surface area contributed by atoms with Crippen molar-refractivity contribution in [3.05, 3.63) is 58.1 Å². The van der Waals surface area contributed by atoms with E-state index in [9.17, 15) is 4.79 Å². The maximum Gasteiger partial charge on any atom is 0.210 e. The topological polar surface area (TPSA) is 34.9 Å². The number of hydrogen-bond donors (Lipinski definition) is 0. The molecule has 0 radical (unpaired) electrons. The molecule has 1 aromatic carbocycles. The molecule has 0 saturated heterocycles. The number of aromatic nitrogens is 2. The van der Waals surface area contributed by atoms with E-state index >= 15 is 0 Å². The summed E-state index contributed by atoms with van der Waals surface area (Å²) in [5.41, 5.74) is 1.77. The van der Waals surface area contributed by atoms with Crippen LogP contribution >= 0.6 is 23.2 Å². The standard InChI is InChI=1S/C14H12Cl2N2O/c1-3-13(18-7-9(2)17-8-18)14(19)11-5-4-10(15)6-12(11)16/h3-8H,1-2H3. The molecule has 1 heterocycles. The van der Waals surface area contributed by atoms with Gasteiger partial charge in [-0.25, -0.2) is 4.98 Å². The number of carbonyl (C=O) groups is 1. The molecule has 0 N–H and O–H groups in total. The predicted octanol–water partition coefficient (Wildman–Crippen LogP) is 4.24. The third kappa shape index (κ3) is 2.88. The highest BCUT2D eigenvalue weighted by atomic mass is 35.5. The van der Waals surface area contributed by atoms with Crippen LogP contribution in [0.15, 0.2) is 36.8 Å². The molecule has 3 nitrogen and oxygen atoms in total. The van der Waals surface area contributed by atoms with Crippen LogP contribution in [-0.2, 0) is 0 Å². The first kappa shape index (κ1) is 13.8. The highest BCUT2D eigenvalue weighted by Crippen LogP contribution is 2.24. The van der Waals surface area contributed by atoms with E-state index < -0.39 is 0 Å². The van der Waals surface area contributed by atoms with E-state index in [1.807, 2.05) is 6.92 Å². The number of rotatable bonds is 3. The molecule has 1 aromatic heterocycles. The Morgan fingerprint density at radius 2 is 2.11 bits per heavy atom. The molecule has 2 rings (SSSR count). The number of ketones is 1. The van der Waals surface area contributed by atoms with Gasteiger partial charge in [-0.15, -0.1) is 0 Å². The van der Waals surface area contributed by atoms with Crippen LogP contribution in [0.5, 0.6) is 0 Å². The predicted molar refractivity (Wildman–Crippen MR) is 77.7 cm³/mol. The van der Waals surface area contributed by atoms with Crippen LogP contribution in [0.25, 0.3) is 5.70 Å². The Bertz CT molecular complexity index is 659. The quantitative estimate of drug-likeness (QED) is 0.627. The third-order valence-electron chi connectivity index (χ3n) is 2.67. The van der Waals surface area contributed by atoms with Crippen molar-refractivity contribution in [2.45, 2.75) is 13.8 Å². The number of allylic oxidation sites excluding steroid dienone is 2. The summed E-state index contributed by atoms with van der Waals surface area (Å²) in [5, 5.41) is 0.843. The van der Waals surface area contributed by atoms with Crippen molar-refractivity contribution in [1.29, 1.82) is 0 Å². The van der Waals surface area contributed by atoms with Gasteiger partial charge in [0.1, 0.15) is 0 Å². The zero-order chi connectivity index (χ0) is 14.0. The second kappa shape index (κ2) is 5.59. The van der Waals surface area contributed by atoms with Gasteiger partial charge in [0.25, 0.3) is 0 Å². The van der Waals surface area contributed by atoms with Crippen LogP contribution in [0.1, 0.15) is 23.0 Å². The smallest absolute Gasteiger partial charge is 0.210 e. The summed E-state index contributed by atoms with van der Waals surface area (Å²) in [6.07, 6.45) is 5.12. The zero-order valence-corrected chi connectivity index (χ0v) is 12.0. The Labute approximate surface area is 121 Å². The molecule has 0 aliphatic heterocycles. The minimum Gasteiger partial charge on any atom is -0.303 e. The average molecular weight is 295 g/mol. The molecule has 0 fully saturated rings. The van der Waals surface area contributed by atoms with Gasteiger partial charge < -0.3 is 4.57 Å². The van der Waals surface area contributed by atoms with E-state index in [0.717, 1.165) is 5.69 Å². The molecular weight excluding hydrogens is 283 g/mol. The van der Waals surface area contributed by atoms with E-state index in [1.165, 1.54) is 0 Å². The van der Waals surface area contributed by atoms with Gasteiger partial charge >= 0.3 is 0 Å². The molecule has 2 aromatic rings. The Morgan fingerprint density at radius 1 is 1.37 bits per heavy atom. The van der Waals surface area contributed by atoms with Crippen molar-refractivity contribution in [3.8, 4) is 0 Å². The fourth-order valence-corrected chi connectivity index (χ4v) is 2.26. The molecule has 19 heavy (non-hydrogen) atoms. The number of hydrogen-bond acceptors (Lipinski definition) is 2. The Morgan fingerprint density at radius 3 is 2.63 bits per heavy atom. The van der Waals surface area contributed by atoms with Crippen LogP contribution in [0.4, 0.5) is 0 Å². The monoisotopic (exact) mass is 294 g/mol. The minimum atomic E-state index is -0.165. The molecule has 0 bridgehead atoms. The van der Waals surface area contributed by atoms with Crippen LogP contribution in [0, 0.1) is 6.92 Å². The van der Waals surface area contributed by atoms with Gasteiger partial charge in [-0.2, -0.15) is 0 Å². The number of halogens is 2. The highest BCUT2D eigenvalue weighted by molar-refractivity contribution is 6.39. The second-order valence-electron chi connectivity index (χ2n) is 4.05. The summed E-state index contributed by atoms with van der Waals surface area (Å²) in [4.78, 5) is 16.6. The highest BCUT2D eigenvalue weighted by Gasteiger charge is 2.16. The molecule has 0 aliphatic rings. The fourth-order valence-electron chi connectivity index (χ4n) is 1.76. The van der Waals surface area contributed by atoms with Gasteiger partial charge in [-0.1, -0.05) is 29.3 Å². The summed E-state index contributed by atoms with van der Waals surface area (Å²) in [6.45, 7) is 3.66. The van der Waals surface area contributed by atoms with E-state index in [2.05, 4.69) is 4.98 Å². The molecule has 5 heteroatoms. The van der Waals surface area contributed by atoms with Gasteiger partial charge in [0, 0.05) is 16.8 Å². The number of nitrogens with zero attached hydrogens (tertiary/aromatic N) is 2. The lowest BCUT2D eigenvalue weighted by molar-refractivity contribution is 0.105. The lowest BCUT2D eigenvalue weighted by Gasteiger charge is -2.08. The first-order chi connectivity index (χ1) is 9.02. The van der Waals surface area contributed by atoms with E-state index in [4.69, 9.17) is 23.2 Å². The van der Waals surface area contributed by atoms with Gasteiger partial charge in [-0.05, 0) is 32.0 Å². The minimum absolute atomic E-state index is 0.165. The molecule has 0 atom stereocenters. The van der Waals surface area contributed by atoms with Crippen molar-refractivity contribution < 1.29 is 4.79 Å². The van der Waals surface area contributed by atoms with Crippen molar-refractivity contribution in [2.75, 3.05) is 0 Å². The largest absolute Gasteiger partial charge is 0.303 e. The van der Waals surface area contributed by atoms with Crippen molar-refractivity contribution in [2.24, 2.45) is 0 Å². The number of benzene rings is 1. The summed E-state index contributed by atoms with van der Waals surface area (Å²) in [5.74, 6) is -0.165. The SMILES string of the molecule is CC=C(C(=O)c1ccc(Cl)cc1Cl)n1cnc(C)c1. The Kier molecular flexibility index (Phi) is 4.08. The van der Waals surface area contributed by atoms with Gasteiger partial charge in [-0.3, -0.25) is 4.79 Å². The van der Waals surface area contributed by atoms with E-state index in [0.29, 0.717) is 21.3 Å². The number of imidazole rings is 1. The van der Waals surface area contributed by atoms with Crippen molar-refractivity contribution >= 4 is 34.7 Å². The van der Waals surface area contributed by atoms with E-state index in [1.54, 1.807) is 48.3 Å². The molecular formula is C14H12Cl2N2O. The summed E-state index contributed by atoms with van der Waals surface area (Å²) in [6, 6.07) is 4.83.